The van der Waals surface area contributed by atoms with Gasteiger partial charge in [0.15, 0.2) is 0 Å². The molecule has 0 saturated carbocycles. The summed E-state index contributed by atoms with van der Waals surface area (Å²) in [4.78, 5) is 0. The Labute approximate surface area is 146 Å². The lowest BCUT2D eigenvalue weighted by Gasteiger charge is -2.04. The quantitative estimate of drug-likeness (QED) is 0.648. The Bertz CT molecular complexity index is 766. The van der Waals surface area contributed by atoms with Crippen LogP contribution in [0.3, 0.4) is 0 Å². The third kappa shape index (κ3) is 4.45. The van der Waals surface area contributed by atoms with Gasteiger partial charge in [0, 0.05) is 23.3 Å². The lowest BCUT2D eigenvalue weighted by Crippen LogP contribution is -2.16. The van der Waals surface area contributed by atoms with Gasteiger partial charge < -0.3 is 10.4 Å². The molecule has 0 atom stereocenters. The number of hydrogen-bond donors (Lipinski definition) is 2. The van der Waals surface area contributed by atoms with Crippen LogP contribution in [0.1, 0.15) is 16.7 Å². The van der Waals surface area contributed by atoms with E-state index in [9.17, 15) is 0 Å². The smallest absolute Gasteiger partial charge is 0.0681 e. The van der Waals surface area contributed by atoms with E-state index in [-0.39, 0.29) is 6.61 Å². The number of aliphatic hydroxyl groups excluding tert-OH is 1. The molecule has 0 spiro atoms. The summed E-state index contributed by atoms with van der Waals surface area (Å²) in [5.74, 6) is 0. The first-order chi connectivity index (χ1) is 11.7. The number of halogens is 1. The standard InChI is InChI=1S/C19H20ClN3O/c20-18-5-7-19(8-6-18)23-13-17(12-22-23)11-21-10-9-15-1-3-16(14-24)4-2-15/h1-8,12-13,21,24H,9-11,14H2. The summed E-state index contributed by atoms with van der Waals surface area (Å²) in [5.41, 5.74) is 4.34. The van der Waals surface area contributed by atoms with Gasteiger partial charge in [0.1, 0.15) is 0 Å². The van der Waals surface area contributed by atoms with Gasteiger partial charge in [-0.3, -0.25) is 0 Å². The number of rotatable bonds is 7. The maximum atomic E-state index is 9.04. The maximum absolute atomic E-state index is 9.04. The molecule has 2 aromatic carbocycles. The molecule has 0 bridgehead atoms. The largest absolute Gasteiger partial charge is 0.392 e. The van der Waals surface area contributed by atoms with Crippen LogP contribution >= 0.6 is 11.6 Å². The van der Waals surface area contributed by atoms with Crippen LogP contribution in [0, 0.1) is 0 Å². The van der Waals surface area contributed by atoms with Gasteiger partial charge in [-0.1, -0.05) is 35.9 Å². The molecule has 24 heavy (non-hydrogen) atoms. The van der Waals surface area contributed by atoms with E-state index in [4.69, 9.17) is 16.7 Å². The Balaban J connectivity index is 1.47. The van der Waals surface area contributed by atoms with Crippen LogP contribution in [0.4, 0.5) is 0 Å². The van der Waals surface area contributed by atoms with Gasteiger partial charge in [-0.15, -0.1) is 0 Å². The Kier molecular flexibility index (Phi) is 5.64. The van der Waals surface area contributed by atoms with Crippen molar-refractivity contribution in [2.75, 3.05) is 6.54 Å². The van der Waals surface area contributed by atoms with Crippen LogP contribution in [-0.4, -0.2) is 21.4 Å². The second-order valence-electron chi connectivity index (χ2n) is 5.67. The van der Waals surface area contributed by atoms with Crippen LogP contribution in [0.25, 0.3) is 5.69 Å². The predicted octanol–water partition coefficient (Wildman–Crippen LogP) is 3.35. The summed E-state index contributed by atoms with van der Waals surface area (Å²) < 4.78 is 1.85. The highest BCUT2D eigenvalue weighted by Crippen LogP contribution is 2.13. The molecule has 0 saturated heterocycles. The van der Waals surface area contributed by atoms with Crippen molar-refractivity contribution >= 4 is 11.6 Å². The van der Waals surface area contributed by atoms with Crippen molar-refractivity contribution in [1.29, 1.82) is 0 Å². The number of aliphatic hydroxyl groups is 1. The average Bonchev–Trinajstić information content (AvgIpc) is 3.09. The molecule has 1 heterocycles. The first-order valence-corrected chi connectivity index (χ1v) is 8.31. The SMILES string of the molecule is OCc1ccc(CCNCc2cnn(-c3ccc(Cl)cc3)c2)cc1. The van der Waals surface area contributed by atoms with E-state index in [1.54, 1.807) is 0 Å². The number of aromatic nitrogens is 2. The minimum atomic E-state index is 0.0934. The molecule has 4 nitrogen and oxygen atoms in total. The molecule has 1 aromatic heterocycles. The van der Waals surface area contributed by atoms with E-state index in [1.165, 1.54) is 5.56 Å². The number of benzene rings is 2. The number of hydrogen-bond acceptors (Lipinski definition) is 3. The third-order valence-corrected chi connectivity index (χ3v) is 4.10. The molecule has 2 N–H and O–H groups in total. The fourth-order valence-electron chi connectivity index (χ4n) is 2.46. The molecule has 0 aliphatic heterocycles. The van der Waals surface area contributed by atoms with E-state index in [1.807, 2.05) is 53.5 Å². The van der Waals surface area contributed by atoms with Crippen molar-refractivity contribution in [2.45, 2.75) is 19.6 Å². The van der Waals surface area contributed by atoms with Gasteiger partial charge in [0.2, 0.25) is 0 Å². The molecule has 5 heteroatoms. The minimum absolute atomic E-state index is 0.0934. The normalized spacial score (nSPS) is 10.9. The van der Waals surface area contributed by atoms with Crippen molar-refractivity contribution in [3.8, 4) is 5.69 Å². The lowest BCUT2D eigenvalue weighted by atomic mass is 10.1. The maximum Gasteiger partial charge on any atom is 0.0681 e. The highest BCUT2D eigenvalue weighted by molar-refractivity contribution is 6.30. The highest BCUT2D eigenvalue weighted by Gasteiger charge is 2.01. The first kappa shape index (κ1) is 16.7. The zero-order valence-electron chi connectivity index (χ0n) is 13.3. The van der Waals surface area contributed by atoms with E-state index in [2.05, 4.69) is 22.5 Å². The molecule has 0 fully saturated rings. The van der Waals surface area contributed by atoms with E-state index >= 15 is 0 Å². The molecular formula is C19H20ClN3O. The number of nitrogens with one attached hydrogen (secondary N) is 1. The third-order valence-electron chi connectivity index (χ3n) is 3.85. The van der Waals surface area contributed by atoms with Gasteiger partial charge in [0.05, 0.1) is 18.5 Å². The fourth-order valence-corrected chi connectivity index (χ4v) is 2.59. The molecule has 0 aliphatic rings. The Morgan fingerprint density at radius 3 is 2.38 bits per heavy atom. The van der Waals surface area contributed by atoms with E-state index in [0.717, 1.165) is 41.3 Å². The van der Waals surface area contributed by atoms with Crippen molar-refractivity contribution in [1.82, 2.24) is 15.1 Å². The Morgan fingerprint density at radius 2 is 1.67 bits per heavy atom. The second kappa shape index (κ2) is 8.11. The van der Waals surface area contributed by atoms with Crippen LogP contribution in [0.5, 0.6) is 0 Å². The summed E-state index contributed by atoms with van der Waals surface area (Å²) in [7, 11) is 0. The van der Waals surface area contributed by atoms with Crippen molar-refractivity contribution in [3.63, 3.8) is 0 Å². The van der Waals surface area contributed by atoms with Crippen LogP contribution in [-0.2, 0) is 19.6 Å². The van der Waals surface area contributed by atoms with Crippen LogP contribution in [0.15, 0.2) is 60.9 Å². The van der Waals surface area contributed by atoms with Crippen molar-refractivity contribution < 1.29 is 5.11 Å². The Hall–Kier alpha value is -2.14. The zero-order chi connectivity index (χ0) is 16.8. The molecule has 124 valence electrons. The van der Waals surface area contributed by atoms with Crippen LogP contribution in [0.2, 0.25) is 5.02 Å². The minimum Gasteiger partial charge on any atom is -0.392 e. The van der Waals surface area contributed by atoms with E-state index in [0.29, 0.717) is 0 Å². The fraction of sp³-hybridized carbons (Fsp3) is 0.211. The summed E-state index contributed by atoms with van der Waals surface area (Å²) in [5, 5.41) is 17.6. The summed E-state index contributed by atoms with van der Waals surface area (Å²) in [6.07, 6.45) is 4.85. The lowest BCUT2D eigenvalue weighted by molar-refractivity contribution is 0.282. The van der Waals surface area contributed by atoms with Gasteiger partial charge in [-0.2, -0.15) is 5.10 Å². The van der Waals surface area contributed by atoms with E-state index < -0.39 is 0 Å². The molecule has 0 unspecified atom stereocenters. The summed E-state index contributed by atoms with van der Waals surface area (Å²) >= 11 is 5.90. The predicted molar refractivity (Wildman–Crippen MR) is 96.3 cm³/mol. The van der Waals surface area contributed by atoms with Gasteiger partial charge in [-0.05, 0) is 48.4 Å². The average molecular weight is 342 g/mol. The molecule has 0 radical (unpaired) electrons. The summed E-state index contributed by atoms with van der Waals surface area (Å²) in [6, 6.07) is 15.7. The molecule has 0 amide bonds. The highest BCUT2D eigenvalue weighted by atomic mass is 35.5. The monoisotopic (exact) mass is 341 g/mol. The van der Waals surface area contributed by atoms with Gasteiger partial charge in [-0.25, -0.2) is 4.68 Å². The van der Waals surface area contributed by atoms with Crippen LogP contribution < -0.4 is 5.32 Å². The van der Waals surface area contributed by atoms with Crippen molar-refractivity contribution in [3.05, 3.63) is 82.6 Å². The topological polar surface area (TPSA) is 50.1 Å². The molecule has 3 aromatic rings. The summed E-state index contributed by atoms with van der Waals surface area (Å²) in [6.45, 7) is 1.77. The van der Waals surface area contributed by atoms with Crippen molar-refractivity contribution in [2.24, 2.45) is 0 Å². The molecular weight excluding hydrogens is 322 g/mol. The molecule has 3 rings (SSSR count). The van der Waals surface area contributed by atoms with Gasteiger partial charge >= 0.3 is 0 Å². The van der Waals surface area contributed by atoms with Gasteiger partial charge in [0.25, 0.3) is 0 Å². The zero-order valence-corrected chi connectivity index (χ0v) is 14.1. The number of nitrogens with zero attached hydrogens (tertiary/aromatic N) is 2. The molecule has 0 aliphatic carbocycles. The first-order valence-electron chi connectivity index (χ1n) is 7.93. The Morgan fingerprint density at radius 1 is 0.958 bits per heavy atom. The second-order valence-corrected chi connectivity index (χ2v) is 6.11.